The summed E-state index contributed by atoms with van der Waals surface area (Å²) < 4.78 is 5.40. The van der Waals surface area contributed by atoms with E-state index in [9.17, 15) is 9.90 Å². The molecule has 156 valence electrons. The number of hydrogen-bond donors (Lipinski definition) is 1. The highest BCUT2D eigenvalue weighted by atomic mass is 16.5. The number of carbonyl (C=O) groups is 1. The summed E-state index contributed by atoms with van der Waals surface area (Å²) in [5.74, 6) is 3.44. The van der Waals surface area contributed by atoms with Crippen LogP contribution in [0.5, 0.6) is 5.75 Å². The summed E-state index contributed by atoms with van der Waals surface area (Å²) in [6.07, 6.45) is 8.86. The molecule has 0 radical (unpaired) electrons. The second kappa shape index (κ2) is 6.70. The average molecular weight is 395 g/mol. The summed E-state index contributed by atoms with van der Waals surface area (Å²) >= 11 is 0. The molecule has 0 aromatic heterocycles. The quantitative estimate of drug-likeness (QED) is 0.694. The first kappa shape index (κ1) is 19.4. The van der Waals surface area contributed by atoms with Crippen molar-refractivity contribution in [3.05, 3.63) is 41.5 Å². The van der Waals surface area contributed by atoms with Gasteiger partial charge in [-0.05, 0) is 85.3 Å². The largest absolute Gasteiger partial charge is 0.497 e. The minimum Gasteiger partial charge on any atom is -0.497 e. The van der Waals surface area contributed by atoms with Gasteiger partial charge in [-0.3, -0.25) is 4.79 Å². The molecule has 5 rings (SSSR count). The highest BCUT2D eigenvalue weighted by molar-refractivity contribution is 5.87. The van der Waals surface area contributed by atoms with Crippen LogP contribution in [0.1, 0.15) is 70.3 Å². The fourth-order valence-electron chi connectivity index (χ4n) is 7.84. The van der Waals surface area contributed by atoms with Crippen LogP contribution in [0.2, 0.25) is 0 Å². The summed E-state index contributed by atoms with van der Waals surface area (Å²) in [5, 5.41) is 10.3. The van der Waals surface area contributed by atoms with Crippen molar-refractivity contribution in [2.24, 2.45) is 28.6 Å². The molecule has 0 saturated heterocycles. The lowest BCUT2D eigenvalue weighted by Gasteiger charge is -2.60. The predicted octanol–water partition coefficient (Wildman–Crippen LogP) is 5.28. The van der Waals surface area contributed by atoms with Gasteiger partial charge in [0.2, 0.25) is 0 Å². The lowest BCUT2D eigenvalue weighted by Crippen LogP contribution is -2.54. The van der Waals surface area contributed by atoms with E-state index >= 15 is 0 Å². The van der Waals surface area contributed by atoms with Crippen LogP contribution in [-0.4, -0.2) is 24.1 Å². The van der Waals surface area contributed by atoms with Crippen molar-refractivity contribution in [2.75, 3.05) is 7.11 Å². The highest BCUT2D eigenvalue weighted by Gasteiger charge is 2.62. The number of aliphatic hydroxyl groups is 1. The molecule has 1 aromatic carbocycles. The van der Waals surface area contributed by atoms with Gasteiger partial charge < -0.3 is 9.84 Å². The van der Waals surface area contributed by atoms with Gasteiger partial charge in [-0.15, -0.1) is 0 Å². The average Bonchev–Trinajstić information content (AvgIpc) is 3.02. The number of fused-ring (bicyclic) bond motifs is 5. The SMILES string of the molecule is COc1ccc([C@H]2C[C@]3(C)C(=O)CC[C@H]3[C@@H]3CCC4=C[C@@H](O)CC[C@]4(C)[C@H]32)cc1. The van der Waals surface area contributed by atoms with Crippen LogP contribution in [0, 0.1) is 28.6 Å². The number of ether oxygens (including phenoxy) is 1. The molecule has 3 fully saturated rings. The topological polar surface area (TPSA) is 46.5 Å². The molecule has 1 aromatic rings. The minimum atomic E-state index is -0.282. The Bertz CT molecular complexity index is 840. The second-order valence-corrected chi connectivity index (χ2v) is 10.5. The van der Waals surface area contributed by atoms with Crippen LogP contribution in [0.4, 0.5) is 0 Å². The van der Waals surface area contributed by atoms with Crippen molar-refractivity contribution in [1.29, 1.82) is 0 Å². The Morgan fingerprint density at radius 2 is 1.79 bits per heavy atom. The molecule has 0 heterocycles. The number of rotatable bonds is 2. The molecule has 1 N–H and O–H groups in total. The second-order valence-electron chi connectivity index (χ2n) is 10.5. The first-order valence-corrected chi connectivity index (χ1v) is 11.4. The van der Waals surface area contributed by atoms with Gasteiger partial charge in [-0.2, -0.15) is 0 Å². The van der Waals surface area contributed by atoms with E-state index < -0.39 is 0 Å². The van der Waals surface area contributed by atoms with Gasteiger partial charge >= 0.3 is 0 Å². The molecule has 3 heteroatoms. The summed E-state index contributed by atoms with van der Waals surface area (Å²) in [4.78, 5) is 13.0. The number of benzene rings is 1. The van der Waals surface area contributed by atoms with Crippen molar-refractivity contribution in [3.63, 3.8) is 0 Å². The third-order valence-electron chi connectivity index (χ3n) is 9.31. The Morgan fingerprint density at radius 1 is 1.03 bits per heavy atom. The highest BCUT2D eigenvalue weighted by Crippen LogP contribution is 2.68. The monoisotopic (exact) mass is 394 g/mol. The lowest BCUT2D eigenvalue weighted by molar-refractivity contribution is -0.134. The van der Waals surface area contributed by atoms with Gasteiger partial charge in [0.15, 0.2) is 0 Å². The Labute approximate surface area is 174 Å². The summed E-state index contributed by atoms with van der Waals surface area (Å²) in [6, 6.07) is 8.59. The van der Waals surface area contributed by atoms with Gasteiger partial charge in [0, 0.05) is 11.8 Å². The van der Waals surface area contributed by atoms with E-state index in [1.54, 1.807) is 7.11 Å². The minimum absolute atomic E-state index is 0.139. The third kappa shape index (κ3) is 2.76. The van der Waals surface area contributed by atoms with E-state index in [4.69, 9.17) is 4.74 Å². The van der Waals surface area contributed by atoms with E-state index in [1.807, 2.05) is 0 Å². The van der Waals surface area contributed by atoms with Gasteiger partial charge in [0.1, 0.15) is 11.5 Å². The number of Topliss-reactive ketones (excluding diaryl/α,β-unsaturated/α-hetero) is 1. The van der Waals surface area contributed by atoms with Crippen LogP contribution in [0.25, 0.3) is 0 Å². The Balaban J connectivity index is 1.62. The van der Waals surface area contributed by atoms with Crippen LogP contribution in [-0.2, 0) is 4.79 Å². The Morgan fingerprint density at radius 3 is 2.52 bits per heavy atom. The van der Waals surface area contributed by atoms with Crippen molar-refractivity contribution in [2.45, 2.75) is 70.8 Å². The molecule has 3 saturated carbocycles. The molecular weight excluding hydrogens is 360 g/mol. The maximum absolute atomic E-state index is 13.0. The molecule has 3 nitrogen and oxygen atoms in total. The Hall–Kier alpha value is -1.61. The first-order valence-electron chi connectivity index (χ1n) is 11.4. The molecular formula is C26H34O3. The zero-order valence-corrected chi connectivity index (χ0v) is 18.0. The standard InChI is InChI=1S/C26H34O3/c1-25-13-12-18(27)14-17(25)6-9-20-22-10-11-23(28)26(22,2)15-21(24(20)25)16-4-7-19(29-3)8-5-16/h4-5,7-8,14,18,20-22,24,27H,6,9-13,15H2,1-3H3/t18-,20-,21+,22-,24+,25-,26-/m0/s1. The number of carbonyl (C=O) groups excluding carboxylic acids is 1. The number of methoxy groups -OCH3 is 1. The van der Waals surface area contributed by atoms with Crippen molar-refractivity contribution in [3.8, 4) is 5.75 Å². The van der Waals surface area contributed by atoms with E-state index in [0.29, 0.717) is 29.5 Å². The zero-order valence-electron chi connectivity index (χ0n) is 18.0. The van der Waals surface area contributed by atoms with Crippen LogP contribution >= 0.6 is 0 Å². The summed E-state index contributed by atoms with van der Waals surface area (Å²) in [7, 11) is 1.71. The fraction of sp³-hybridized carbons (Fsp3) is 0.654. The molecule has 0 unspecified atom stereocenters. The number of ketones is 1. The van der Waals surface area contributed by atoms with E-state index in [-0.39, 0.29) is 16.9 Å². The molecule has 0 aliphatic heterocycles. The van der Waals surface area contributed by atoms with Crippen molar-refractivity contribution < 1.29 is 14.6 Å². The zero-order chi connectivity index (χ0) is 20.4. The number of aliphatic hydroxyl groups excluding tert-OH is 1. The van der Waals surface area contributed by atoms with Gasteiger partial charge in [-0.1, -0.05) is 37.6 Å². The van der Waals surface area contributed by atoms with Crippen LogP contribution < -0.4 is 4.74 Å². The third-order valence-corrected chi connectivity index (χ3v) is 9.31. The summed E-state index contributed by atoms with van der Waals surface area (Å²) in [5.41, 5.74) is 2.80. The molecule has 4 aliphatic carbocycles. The van der Waals surface area contributed by atoms with Gasteiger partial charge in [0.25, 0.3) is 0 Å². The summed E-state index contributed by atoms with van der Waals surface area (Å²) in [6.45, 7) is 4.72. The van der Waals surface area contributed by atoms with Crippen LogP contribution in [0.3, 0.4) is 0 Å². The molecule has 29 heavy (non-hydrogen) atoms. The van der Waals surface area contributed by atoms with Gasteiger partial charge in [0.05, 0.1) is 13.2 Å². The van der Waals surface area contributed by atoms with Crippen LogP contribution in [0.15, 0.2) is 35.9 Å². The van der Waals surface area contributed by atoms with Gasteiger partial charge in [-0.25, -0.2) is 0 Å². The molecule has 0 amide bonds. The maximum Gasteiger partial charge on any atom is 0.139 e. The smallest absolute Gasteiger partial charge is 0.139 e. The maximum atomic E-state index is 13.0. The van der Waals surface area contributed by atoms with E-state index in [0.717, 1.165) is 44.3 Å². The lowest BCUT2D eigenvalue weighted by atomic mass is 9.44. The normalized spacial score (nSPS) is 43.8. The van der Waals surface area contributed by atoms with Crippen molar-refractivity contribution in [1.82, 2.24) is 0 Å². The van der Waals surface area contributed by atoms with Crippen molar-refractivity contribution >= 4 is 5.78 Å². The van der Waals surface area contributed by atoms with E-state index in [2.05, 4.69) is 44.2 Å². The van der Waals surface area contributed by atoms with E-state index in [1.165, 1.54) is 17.6 Å². The molecule has 7 atom stereocenters. The molecule has 0 spiro atoms. The number of hydrogen-bond acceptors (Lipinski definition) is 3. The fourth-order valence-corrected chi connectivity index (χ4v) is 7.84. The molecule has 0 bridgehead atoms. The molecule has 4 aliphatic rings. The predicted molar refractivity (Wildman–Crippen MR) is 114 cm³/mol. The number of allylic oxidation sites excluding steroid dienone is 1. The Kier molecular flexibility index (Phi) is 4.47. The first-order chi connectivity index (χ1) is 13.9.